The van der Waals surface area contributed by atoms with E-state index in [1.165, 1.54) is 0 Å². The highest BCUT2D eigenvalue weighted by atomic mass is 35.5. The van der Waals surface area contributed by atoms with Gasteiger partial charge in [-0.05, 0) is 29.8 Å². The smallest absolute Gasteiger partial charge is 0.336 e. The van der Waals surface area contributed by atoms with E-state index >= 15 is 0 Å². The minimum Gasteiger partial charge on any atom is -0.336 e. The number of halogens is 13. The molecule has 2 aromatic carbocycles. The maximum atomic E-state index is 15.0. The molecule has 0 spiro atoms. The van der Waals surface area contributed by atoms with Crippen molar-refractivity contribution in [2.45, 2.75) is 37.8 Å². The minimum absolute atomic E-state index is 0.00982. The number of amides is 1. The van der Waals surface area contributed by atoms with Crippen LogP contribution < -0.4 is 0 Å². The van der Waals surface area contributed by atoms with Crippen molar-refractivity contribution in [2.24, 2.45) is 5.92 Å². The lowest BCUT2D eigenvalue weighted by Crippen LogP contribution is -2.39. The molecule has 2 aromatic rings. The van der Waals surface area contributed by atoms with Crippen LogP contribution in [0.25, 0.3) is 5.83 Å². The molecule has 0 heterocycles. The summed E-state index contributed by atoms with van der Waals surface area (Å²) in [5, 5.41) is -1.06. The number of nitrogens with zero attached hydrogens (tertiary/aromatic N) is 1. The summed E-state index contributed by atoms with van der Waals surface area (Å²) in [7, 11) is 0.794. The van der Waals surface area contributed by atoms with E-state index in [2.05, 4.69) is 0 Å². The number of hydrogen-bond donors (Lipinski definition) is 0. The average molecular weight is 661 g/mol. The molecule has 3 nitrogen and oxygen atoms in total. The largest absolute Gasteiger partial charge is 0.417 e. The molecule has 16 heteroatoms. The standard InChI is InChI=1S/C25H18Cl3F10NO2/c1-11(22(41)39(2)10-23(30,31)32)5-20(40)14-4-3-12(6-16(14)25(36,37)38)19(29)9-15(24(33,34)35)13-7-17(26)21(28)18(27)8-13/h3-4,6-9,11,15H,5,10H2,1-2H3/b19-9-/t11-,15?/m0/s1. The van der Waals surface area contributed by atoms with E-state index < -0.39 is 93.1 Å². The second kappa shape index (κ2) is 12.8. The Bertz CT molecular complexity index is 1310. The molecule has 2 atom stereocenters. The van der Waals surface area contributed by atoms with Gasteiger partial charge >= 0.3 is 18.5 Å². The molecule has 0 aromatic heterocycles. The normalized spacial score (nSPS) is 14.6. The lowest BCUT2D eigenvalue weighted by Gasteiger charge is -2.22. The van der Waals surface area contributed by atoms with E-state index in [1.807, 2.05) is 0 Å². The average Bonchev–Trinajstić information content (AvgIpc) is 2.82. The Hall–Kier alpha value is -2.51. The van der Waals surface area contributed by atoms with E-state index in [-0.39, 0.29) is 22.1 Å². The fourth-order valence-corrected chi connectivity index (χ4v) is 4.36. The highest BCUT2D eigenvalue weighted by molar-refractivity contribution is 6.48. The molecule has 226 valence electrons. The molecule has 1 unspecified atom stereocenters. The number of alkyl halides is 9. The Balaban J connectivity index is 2.47. The van der Waals surface area contributed by atoms with Crippen LogP contribution in [0.2, 0.25) is 15.1 Å². The third kappa shape index (κ3) is 9.24. The second-order valence-corrected chi connectivity index (χ2v) is 10.1. The van der Waals surface area contributed by atoms with Gasteiger partial charge in [0.05, 0.1) is 20.6 Å². The Morgan fingerprint density at radius 2 is 1.46 bits per heavy atom. The third-order valence-electron chi connectivity index (χ3n) is 5.64. The summed E-state index contributed by atoms with van der Waals surface area (Å²) in [5.74, 6) is -8.40. The fraction of sp³-hybridized carbons (Fsp3) is 0.360. The first-order valence-electron chi connectivity index (χ1n) is 11.2. The Labute approximate surface area is 241 Å². The van der Waals surface area contributed by atoms with E-state index in [0.29, 0.717) is 12.1 Å². The van der Waals surface area contributed by atoms with Crippen LogP contribution in [0.5, 0.6) is 0 Å². The summed E-state index contributed by atoms with van der Waals surface area (Å²) in [4.78, 5) is 25.0. The first-order chi connectivity index (χ1) is 18.5. The molecule has 0 aliphatic rings. The van der Waals surface area contributed by atoms with Gasteiger partial charge in [0.25, 0.3) is 0 Å². The van der Waals surface area contributed by atoms with Crippen molar-refractivity contribution in [1.29, 1.82) is 0 Å². The van der Waals surface area contributed by atoms with Crippen LogP contribution in [0.15, 0.2) is 36.4 Å². The number of rotatable bonds is 8. The monoisotopic (exact) mass is 659 g/mol. The Morgan fingerprint density at radius 1 is 0.927 bits per heavy atom. The van der Waals surface area contributed by atoms with E-state index in [1.54, 1.807) is 0 Å². The minimum atomic E-state index is -5.30. The molecule has 2 rings (SSSR count). The zero-order valence-corrected chi connectivity index (χ0v) is 23.0. The number of carbonyl (C=O) groups excluding carboxylic acids is 2. The van der Waals surface area contributed by atoms with Crippen molar-refractivity contribution in [2.75, 3.05) is 13.6 Å². The summed E-state index contributed by atoms with van der Waals surface area (Å²) in [6.45, 7) is -0.629. The highest BCUT2D eigenvalue weighted by Crippen LogP contribution is 2.43. The van der Waals surface area contributed by atoms with Crippen LogP contribution >= 0.6 is 34.8 Å². The van der Waals surface area contributed by atoms with E-state index in [9.17, 15) is 53.5 Å². The van der Waals surface area contributed by atoms with Gasteiger partial charge in [0, 0.05) is 30.5 Å². The van der Waals surface area contributed by atoms with Crippen molar-refractivity contribution in [3.8, 4) is 0 Å². The molecule has 0 aliphatic carbocycles. The molecule has 0 bridgehead atoms. The zero-order chi connectivity index (χ0) is 31.7. The highest BCUT2D eigenvalue weighted by Gasteiger charge is 2.41. The van der Waals surface area contributed by atoms with Crippen molar-refractivity contribution in [3.05, 3.63) is 73.7 Å². The van der Waals surface area contributed by atoms with Crippen LogP contribution in [-0.2, 0) is 11.0 Å². The van der Waals surface area contributed by atoms with Gasteiger partial charge in [-0.25, -0.2) is 4.39 Å². The maximum absolute atomic E-state index is 15.0. The quantitative estimate of drug-likeness (QED) is 0.161. The number of Topliss-reactive ketones (excluding diaryl/α,β-unsaturated/α-hetero) is 1. The number of benzene rings is 2. The van der Waals surface area contributed by atoms with Crippen molar-refractivity contribution < 1.29 is 53.5 Å². The molecule has 0 saturated heterocycles. The Morgan fingerprint density at radius 3 is 1.93 bits per heavy atom. The number of carbonyl (C=O) groups is 2. The summed E-state index contributed by atoms with van der Waals surface area (Å²) in [5.41, 5.74) is -4.42. The summed E-state index contributed by atoms with van der Waals surface area (Å²) >= 11 is 17.2. The maximum Gasteiger partial charge on any atom is 0.417 e. The molecule has 0 aliphatic heterocycles. The summed E-state index contributed by atoms with van der Waals surface area (Å²) in [6.07, 6.45) is -16.2. The molecule has 0 N–H and O–H groups in total. The third-order valence-corrected chi connectivity index (χ3v) is 6.83. The second-order valence-electron chi connectivity index (χ2n) is 8.93. The van der Waals surface area contributed by atoms with E-state index in [0.717, 1.165) is 26.1 Å². The SMILES string of the molecule is C[C@@H](CC(=O)c1ccc(/C(F)=C/C(c2cc(Cl)c(Cl)c(Cl)c2)C(F)(F)F)cc1C(F)(F)F)C(=O)N(C)CC(F)(F)F. The van der Waals surface area contributed by atoms with Crippen LogP contribution in [0.3, 0.4) is 0 Å². The summed E-state index contributed by atoms with van der Waals surface area (Å²) < 4.78 is 135. The first-order valence-corrected chi connectivity index (χ1v) is 12.3. The van der Waals surface area contributed by atoms with Crippen LogP contribution in [-0.4, -0.2) is 42.5 Å². The Kier molecular flexibility index (Phi) is 10.8. The van der Waals surface area contributed by atoms with Gasteiger partial charge in [0.15, 0.2) is 5.78 Å². The predicted octanol–water partition coefficient (Wildman–Crippen LogP) is 9.55. The van der Waals surface area contributed by atoms with Gasteiger partial charge in [-0.1, -0.05) is 53.9 Å². The van der Waals surface area contributed by atoms with Gasteiger partial charge in [0.1, 0.15) is 18.3 Å². The number of ketones is 1. The van der Waals surface area contributed by atoms with Gasteiger partial charge in [-0.3, -0.25) is 9.59 Å². The first kappa shape index (κ1) is 34.7. The van der Waals surface area contributed by atoms with E-state index in [4.69, 9.17) is 34.8 Å². The van der Waals surface area contributed by atoms with Gasteiger partial charge in [-0.2, -0.15) is 39.5 Å². The zero-order valence-electron chi connectivity index (χ0n) is 20.7. The summed E-state index contributed by atoms with van der Waals surface area (Å²) in [6, 6.07) is 2.75. The molecule has 41 heavy (non-hydrogen) atoms. The van der Waals surface area contributed by atoms with Crippen molar-refractivity contribution in [3.63, 3.8) is 0 Å². The lowest BCUT2D eigenvalue weighted by atomic mass is 9.92. The molecular weight excluding hydrogens is 643 g/mol. The van der Waals surface area contributed by atoms with Crippen molar-refractivity contribution >= 4 is 52.3 Å². The van der Waals surface area contributed by atoms with Crippen LogP contribution in [0.1, 0.15) is 46.3 Å². The van der Waals surface area contributed by atoms with Gasteiger partial charge in [0.2, 0.25) is 5.91 Å². The van der Waals surface area contributed by atoms with Crippen molar-refractivity contribution in [1.82, 2.24) is 4.90 Å². The van der Waals surface area contributed by atoms with Gasteiger partial charge in [-0.15, -0.1) is 0 Å². The topological polar surface area (TPSA) is 37.4 Å². The molecule has 0 fully saturated rings. The molecular formula is C25H18Cl3F10NO2. The molecule has 1 amide bonds. The van der Waals surface area contributed by atoms with Crippen LogP contribution in [0.4, 0.5) is 43.9 Å². The molecule has 0 radical (unpaired) electrons. The number of hydrogen-bond acceptors (Lipinski definition) is 2. The van der Waals surface area contributed by atoms with Crippen LogP contribution in [0, 0.1) is 5.92 Å². The molecule has 0 saturated carbocycles. The number of allylic oxidation sites excluding steroid dienone is 1. The predicted molar refractivity (Wildman–Crippen MR) is 133 cm³/mol. The van der Waals surface area contributed by atoms with Gasteiger partial charge < -0.3 is 4.90 Å². The lowest BCUT2D eigenvalue weighted by molar-refractivity contribution is -0.160. The fourth-order valence-electron chi connectivity index (χ4n) is 3.75.